The first-order chi connectivity index (χ1) is 12.2. The van der Waals surface area contributed by atoms with E-state index in [1.807, 2.05) is 24.4 Å². The van der Waals surface area contributed by atoms with E-state index in [4.69, 9.17) is 0 Å². The molecular weight excluding hydrogens is 316 g/mol. The number of aromatic amines is 1. The summed E-state index contributed by atoms with van der Waals surface area (Å²) in [5.74, 6) is 1.01. The summed E-state index contributed by atoms with van der Waals surface area (Å²) in [6.07, 6.45) is 6.36. The molecule has 0 radical (unpaired) electrons. The van der Waals surface area contributed by atoms with Crippen LogP contribution in [0.25, 0.3) is 22.4 Å². The van der Waals surface area contributed by atoms with E-state index in [-0.39, 0.29) is 11.8 Å². The van der Waals surface area contributed by atoms with Crippen molar-refractivity contribution in [2.75, 3.05) is 25.0 Å². The summed E-state index contributed by atoms with van der Waals surface area (Å²) in [6.45, 7) is 3.92. The first-order valence-electron chi connectivity index (χ1n) is 8.43. The van der Waals surface area contributed by atoms with Crippen molar-refractivity contribution in [3.05, 3.63) is 36.8 Å². The number of fused-ring (bicyclic) bond motifs is 1. The maximum atomic E-state index is 11.3. The lowest BCUT2D eigenvalue weighted by Gasteiger charge is -2.17. The van der Waals surface area contributed by atoms with Gasteiger partial charge >= 0.3 is 0 Å². The lowest BCUT2D eigenvalue weighted by Crippen LogP contribution is -2.30. The molecule has 7 heteroatoms. The van der Waals surface area contributed by atoms with Gasteiger partial charge in [-0.1, -0.05) is 0 Å². The number of carbonyl (C=O) groups excluding carboxylic acids is 1. The second kappa shape index (κ2) is 6.60. The number of rotatable bonds is 5. The minimum Gasteiger partial charge on any atom is -0.365 e. The number of anilines is 1. The van der Waals surface area contributed by atoms with Crippen molar-refractivity contribution in [1.82, 2.24) is 24.8 Å². The van der Waals surface area contributed by atoms with Crippen molar-refractivity contribution in [3.63, 3.8) is 0 Å². The maximum Gasteiger partial charge on any atom is 0.156 e. The summed E-state index contributed by atoms with van der Waals surface area (Å²) >= 11 is 0. The molecule has 1 aliphatic heterocycles. The Kier molecular flexibility index (Phi) is 4.15. The fourth-order valence-corrected chi connectivity index (χ4v) is 3.29. The van der Waals surface area contributed by atoms with Gasteiger partial charge < -0.3 is 10.3 Å². The number of nitrogens with one attached hydrogen (secondary N) is 2. The number of aromatic nitrogens is 4. The van der Waals surface area contributed by atoms with Crippen molar-refractivity contribution in [2.24, 2.45) is 0 Å². The maximum absolute atomic E-state index is 11.3. The van der Waals surface area contributed by atoms with E-state index < -0.39 is 0 Å². The fourth-order valence-electron chi connectivity index (χ4n) is 3.29. The molecular formula is C18H20N6O. The van der Waals surface area contributed by atoms with Crippen LogP contribution in [-0.4, -0.2) is 56.3 Å². The van der Waals surface area contributed by atoms with Gasteiger partial charge in [0.1, 0.15) is 17.1 Å². The number of carbonyl (C=O) groups is 1. The SMILES string of the molecule is CC(=O)CN1CCC(Nc2ncccc2-c2cnc3[nH]ccc3n2)C1. The summed E-state index contributed by atoms with van der Waals surface area (Å²) in [5, 5.41) is 3.51. The number of Topliss-reactive ketones (excluding diaryl/α,β-unsaturated/α-hetero) is 1. The molecule has 1 unspecified atom stereocenters. The van der Waals surface area contributed by atoms with Crippen LogP contribution in [0.2, 0.25) is 0 Å². The topological polar surface area (TPSA) is 86.8 Å². The summed E-state index contributed by atoms with van der Waals surface area (Å²) in [4.78, 5) is 30.1. The molecule has 2 N–H and O–H groups in total. The van der Waals surface area contributed by atoms with Crippen LogP contribution in [-0.2, 0) is 4.79 Å². The Hall–Kier alpha value is -2.80. The highest BCUT2D eigenvalue weighted by Gasteiger charge is 2.24. The van der Waals surface area contributed by atoms with E-state index in [1.54, 1.807) is 19.3 Å². The highest BCUT2D eigenvalue weighted by atomic mass is 16.1. The van der Waals surface area contributed by atoms with Gasteiger partial charge in [-0.2, -0.15) is 0 Å². The zero-order valence-electron chi connectivity index (χ0n) is 14.1. The lowest BCUT2D eigenvalue weighted by atomic mass is 10.1. The third kappa shape index (κ3) is 3.36. The van der Waals surface area contributed by atoms with Crippen molar-refractivity contribution >= 4 is 22.8 Å². The molecule has 0 saturated carbocycles. The molecule has 1 fully saturated rings. The molecule has 3 aromatic heterocycles. The van der Waals surface area contributed by atoms with E-state index >= 15 is 0 Å². The Balaban J connectivity index is 1.56. The van der Waals surface area contributed by atoms with Gasteiger partial charge in [0.15, 0.2) is 5.65 Å². The van der Waals surface area contributed by atoms with E-state index in [2.05, 4.69) is 30.2 Å². The summed E-state index contributed by atoms with van der Waals surface area (Å²) in [7, 11) is 0. The Morgan fingerprint density at radius 2 is 2.32 bits per heavy atom. The third-order valence-electron chi connectivity index (χ3n) is 4.40. The predicted octanol–water partition coefficient (Wildman–Crippen LogP) is 2.10. The second-order valence-electron chi connectivity index (χ2n) is 6.43. The van der Waals surface area contributed by atoms with E-state index in [0.29, 0.717) is 6.54 Å². The zero-order chi connectivity index (χ0) is 17.2. The Morgan fingerprint density at radius 3 is 3.20 bits per heavy atom. The normalized spacial score (nSPS) is 17.9. The number of ketones is 1. The van der Waals surface area contributed by atoms with Crippen LogP contribution in [0.5, 0.6) is 0 Å². The first kappa shape index (κ1) is 15.7. The Labute approximate surface area is 145 Å². The standard InChI is InChI=1S/C18H20N6O/c1-12(25)10-24-8-5-13(11-24)22-17-14(3-2-6-19-17)16-9-21-18-15(23-16)4-7-20-18/h2-4,6-7,9,13H,5,8,10-11H2,1H3,(H,19,22)(H,20,21). The number of H-pyrrole nitrogens is 1. The van der Waals surface area contributed by atoms with Crippen LogP contribution in [0, 0.1) is 0 Å². The van der Waals surface area contributed by atoms with Crippen LogP contribution in [0.1, 0.15) is 13.3 Å². The fraction of sp³-hybridized carbons (Fsp3) is 0.333. The van der Waals surface area contributed by atoms with Crippen LogP contribution in [0.3, 0.4) is 0 Å². The third-order valence-corrected chi connectivity index (χ3v) is 4.40. The highest BCUT2D eigenvalue weighted by Crippen LogP contribution is 2.26. The number of pyridine rings is 1. The molecule has 7 nitrogen and oxygen atoms in total. The number of hydrogen-bond donors (Lipinski definition) is 2. The van der Waals surface area contributed by atoms with Crippen LogP contribution in [0.15, 0.2) is 36.8 Å². The largest absolute Gasteiger partial charge is 0.365 e. The van der Waals surface area contributed by atoms with E-state index in [1.165, 1.54) is 0 Å². The second-order valence-corrected chi connectivity index (χ2v) is 6.43. The molecule has 3 aromatic rings. The molecule has 0 spiro atoms. The van der Waals surface area contributed by atoms with Crippen molar-refractivity contribution < 1.29 is 4.79 Å². The summed E-state index contributed by atoms with van der Waals surface area (Å²) in [5.41, 5.74) is 3.34. The molecule has 1 atom stereocenters. The van der Waals surface area contributed by atoms with Crippen molar-refractivity contribution in [3.8, 4) is 11.3 Å². The van der Waals surface area contributed by atoms with Gasteiger partial charge in [-0.05, 0) is 31.5 Å². The van der Waals surface area contributed by atoms with E-state index in [0.717, 1.165) is 47.7 Å². The van der Waals surface area contributed by atoms with E-state index in [9.17, 15) is 4.79 Å². The number of likely N-dealkylation sites (tertiary alicyclic amines) is 1. The average molecular weight is 336 g/mol. The van der Waals surface area contributed by atoms with Gasteiger partial charge in [0, 0.05) is 37.1 Å². The number of hydrogen-bond acceptors (Lipinski definition) is 6. The van der Waals surface area contributed by atoms with Crippen LogP contribution >= 0.6 is 0 Å². The molecule has 0 amide bonds. The van der Waals surface area contributed by atoms with Crippen molar-refractivity contribution in [1.29, 1.82) is 0 Å². The Bertz CT molecular complexity index is 905. The number of nitrogens with zero attached hydrogens (tertiary/aromatic N) is 4. The molecule has 4 rings (SSSR count). The molecule has 0 bridgehead atoms. The van der Waals surface area contributed by atoms with Gasteiger partial charge in [0.25, 0.3) is 0 Å². The molecule has 0 aliphatic carbocycles. The quantitative estimate of drug-likeness (QED) is 0.742. The predicted molar refractivity (Wildman–Crippen MR) is 96.3 cm³/mol. The van der Waals surface area contributed by atoms with Gasteiger partial charge in [0.2, 0.25) is 0 Å². The van der Waals surface area contributed by atoms with Gasteiger partial charge in [-0.25, -0.2) is 15.0 Å². The van der Waals surface area contributed by atoms with Gasteiger partial charge in [-0.3, -0.25) is 9.69 Å². The smallest absolute Gasteiger partial charge is 0.156 e. The van der Waals surface area contributed by atoms with Gasteiger partial charge in [0.05, 0.1) is 18.4 Å². The highest BCUT2D eigenvalue weighted by molar-refractivity contribution is 5.78. The molecule has 1 saturated heterocycles. The van der Waals surface area contributed by atoms with Crippen molar-refractivity contribution in [2.45, 2.75) is 19.4 Å². The van der Waals surface area contributed by atoms with Gasteiger partial charge in [-0.15, -0.1) is 0 Å². The molecule has 4 heterocycles. The summed E-state index contributed by atoms with van der Waals surface area (Å²) < 4.78 is 0. The molecule has 128 valence electrons. The summed E-state index contributed by atoms with van der Waals surface area (Å²) in [6, 6.07) is 6.09. The Morgan fingerprint density at radius 1 is 1.40 bits per heavy atom. The zero-order valence-corrected chi connectivity index (χ0v) is 14.1. The monoisotopic (exact) mass is 336 g/mol. The first-order valence-corrected chi connectivity index (χ1v) is 8.43. The minimum absolute atomic E-state index is 0.203. The minimum atomic E-state index is 0.203. The molecule has 0 aromatic carbocycles. The lowest BCUT2D eigenvalue weighted by molar-refractivity contribution is -0.117. The molecule has 25 heavy (non-hydrogen) atoms. The van der Waals surface area contributed by atoms with Crippen LogP contribution in [0.4, 0.5) is 5.82 Å². The molecule has 1 aliphatic rings. The average Bonchev–Trinajstić information content (AvgIpc) is 3.23. The van der Waals surface area contributed by atoms with Crippen LogP contribution < -0.4 is 5.32 Å².